The first kappa shape index (κ1) is 63.9. The number of aryl methyl sites for hydroxylation is 3. The molecule has 0 unspecified atom stereocenters. The molecule has 0 atom stereocenters. The monoisotopic (exact) mass is 1310 g/mol. The van der Waals surface area contributed by atoms with Gasteiger partial charge in [-0.1, -0.05) is 366 Å². The maximum absolute atomic E-state index is 2.38. The Morgan fingerprint density at radius 3 is 0.738 bits per heavy atom. The zero-order valence-electron chi connectivity index (χ0n) is 59.1. The van der Waals surface area contributed by atoms with Crippen LogP contribution in [0.4, 0.5) is 0 Å². The van der Waals surface area contributed by atoms with Crippen LogP contribution in [0.5, 0.6) is 0 Å². The first-order valence-corrected chi connectivity index (χ1v) is 36.1. The van der Waals surface area contributed by atoms with Crippen LogP contribution in [0.25, 0.3) is 176 Å². The minimum atomic E-state index is 0.112. The van der Waals surface area contributed by atoms with Crippen molar-refractivity contribution in [3.8, 4) is 111 Å². The standard InChI is InChI=1S/C52H40.C51H38/c1-52(2,3)41-31-29-36(30-32-41)50-46-21-11-13-23-48(46)51(49-24-14-12-22-47(49)50)40-28-26-37-33-39(27-25-38(37)34-40)43-18-8-10-20-45(43)44-19-9-7-17-42(44)35-15-5-4-6-16-35;1-33-29-34(2)49(35(3)30-33)51-47-23-13-11-21-45(47)50(46-22-12-14-24-48(46)51)40-28-26-37-31-39(27-25-38(37)32-40)42-18-8-10-20-44(42)43-19-9-7-17-41(43)36-15-5-4-6-16-36/h4-34H,1-3H3;4-32H,1-3H3. The predicted molar refractivity (Wildman–Crippen MR) is 445 cm³/mol. The van der Waals surface area contributed by atoms with Gasteiger partial charge in [0.1, 0.15) is 0 Å². The van der Waals surface area contributed by atoms with Gasteiger partial charge in [0.2, 0.25) is 0 Å². The molecule has 0 heterocycles. The SMILES string of the molecule is CC(C)(C)c1ccc(-c2c3ccccc3c(-c3ccc4cc(-c5ccccc5-c5ccccc5-c5ccccc5)ccc4c3)c3ccccc23)cc1.Cc1cc(C)c(-c2c3ccccc3c(-c3ccc4cc(-c5ccccc5-c5ccccc5-c5ccccc5)ccc4c3)c3ccccc23)c(C)c1. The molecule has 18 rings (SSSR count). The smallest absolute Gasteiger partial charge is 0.00210 e. The molecule has 0 spiro atoms. The maximum atomic E-state index is 2.38. The summed E-state index contributed by atoms with van der Waals surface area (Å²) in [5.41, 5.74) is 30.5. The molecule has 0 N–H and O–H groups in total. The summed E-state index contributed by atoms with van der Waals surface area (Å²) in [7, 11) is 0. The van der Waals surface area contributed by atoms with E-state index < -0.39 is 0 Å². The van der Waals surface area contributed by atoms with Gasteiger partial charge in [-0.25, -0.2) is 0 Å². The molecule has 0 aromatic heterocycles. The van der Waals surface area contributed by atoms with Gasteiger partial charge in [0.15, 0.2) is 0 Å². The van der Waals surface area contributed by atoms with Crippen molar-refractivity contribution >= 4 is 64.6 Å². The Kier molecular flexibility index (Phi) is 16.7. The summed E-state index contributed by atoms with van der Waals surface area (Å²) in [5, 5.41) is 15.2. The van der Waals surface area contributed by atoms with Gasteiger partial charge in [0.25, 0.3) is 0 Å². The Bertz CT molecular complexity index is 6140. The molecule has 18 aromatic rings. The number of hydrogen-bond acceptors (Lipinski definition) is 0. The van der Waals surface area contributed by atoms with Crippen LogP contribution in [-0.2, 0) is 5.41 Å². The molecule has 0 aliphatic heterocycles. The maximum Gasteiger partial charge on any atom is -0.00210 e. The van der Waals surface area contributed by atoms with Crippen molar-refractivity contribution < 1.29 is 0 Å². The van der Waals surface area contributed by atoms with Crippen molar-refractivity contribution in [1.29, 1.82) is 0 Å². The molecule has 0 saturated carbocycles. The highest BCUT2D eigenvalue weighted by Crippen LogP contribution is 2.49. The summed E-state index contributed by atoms with van der Waals surface area (Å²) in [4.78, 5) is 0. The zero-order chi connectivity index (χ0) is 69.7. The molecule has 0 saturated heterocycles. The molecular weight excluding hydrogens is 1240 g/mol. The van der Waals surface area contributed by atoms with Gasteiger partial charge < -0.3 is 0 Å². The highest BCUT2D eigenvalue weighted by Gasteiger charge is 2.23. The topological polar surface area (TPSA) is 0 Å². The molecule has 0 nitrogen and oxygen atoms in total. The quantitative estimate of drug-likeness (QED) is 0.120. The molecule has 0 radical (unpaired) electrons. The first-order valence-electron chi connectivity index (χ1n) is 36.1. The third kappa shape index (κ3) is 12.0. The third-order valence-electron chi connectivity index (χ3n) is 21.2. The Morgan fingerprint density at radius 2 is 0.417 bits per heavy atom. The Balaban J connectivity index is 0.000000153. The first-order chi connectivity index (χ1) is 50.5. The predicted octanol–water partition coefficient (Wildman–Crippen LogP) is 29.2. The highest BCUT2D eigenvalue weighted by molar-refractivity contribution is 6.24. The average Bonchev–Trinajstić information content (AvgIpc) is 0.734. The van der Waals surface area contributed by atoms with E-state index in [1.807, 2.05) is 0 Å². The molecule has 0 aliphatic rings. The molecule has 0 heteroatoms. The van der Waals surface area contributed by atoms with Gasteiger partial charge >= 0.3 is 0 Å². The number of hydrogen-bond donors (Lipinski definition) is 0. The molecule has 0 aliphatic carbocycles. The Morgan fingerprint density at radius 1 is 0.175 bits per heavy atom. The van der Waals surface area contributed by atoms with Gasteiger partial charge in [-0.15, -0.1) is 0 Å². The van der Waals surface area contributed by atoms with E-state index in [0.29, 0.717) is 0 Å². The van der Waals surface area contributed by atoms with Crippen molar-refractivity contribution in [2.45, 2.75) is 47.0 Å². The fourth-order valence-corrected chi connectivity index (χ4v) is 16.4. The second-order valence-electron chi connectivity index (χ2n) is 28.8. The van der Waals surface area contributed by atoms with Gasteiger partial charge in [0.05, 0.1) is 0 Å². The normalized spacial score (nSPS) is 11.6. The van der Waals surface area contributed by atoms with Crippen LogP contribution < -0.4 is 0 Å². The van der Waals surface area contributed by atoms with E-state index >= 15 is 0 Å². The second kappa shape index (κ2) is 26.9. The summed E-state index contributed by atoms with van der Waals surface area (Å²) < 4.78 is 0. The van der Waals surface area contributed by atoms with Gasteiger partial charge in [-0.2, -0.15) is 0 Å². The van der Waals surface area contributed by atoms with Gasteiger partial charge in [-0.3, -0.25) is 0 Å². The van der Waals surface area contributed by atoms with Crippen LogP contribution in [-0.4, -0.2) is 0 Å². The fourth-order valence-electron chi connectivity index (χ4n) is 16.4. The Labute approximate surface area is 605 Å². The average molecular weight is 1320 g/mol. The lowest BCUT2D eigenvalue weighted by Crippen LogP contribution is -2.10. The van der Waals surface area contributed by atoms with Crippen molar-refractivity contribution in [3.05, 3.63) is 386 Å². The van der Waals surface area contributed by atoms with E-state index in [1.54, 1.807) is 0 Å². The summed E-state index contributed by atoms with van der Waals surface area (Å²) >= 11 is 0. The van der Waals surface area contributed by atoms with Crippen LogP contribution >= 0.6 is 0 Å². The summed E-state index contributed by atoms with van der Waals surface area (Å²) in [6.07, 6.45) is 0. The molecule has 490 valence electrons. The summed E-state index contributed by atoms with van der Waals surface area (Å²) in [6, 6.07) is 134. The molecule has 0 amide bonds. The number of fused-ring (bicyclic) bond motifs is 6. The van der Waals surface area contributed by atoms with Crippen molar-refractivity contribution in [2.75, 3.05) is 0 Å². The van der Waals surface area contributed by atoms with Crippen LogP contribution in [0, 0.1) is 20.8 Å². The van der Waals surface area contributed by atoms with E-state index in [2.05, 4.69) is 406 Å². The van der Waals surface area contributed by atoms with E-state index in [9.17, 15) is 0 Å². The summed E-state index contributed by atoms with van der Waals surface area (Å²) in [5.74, 6) is 0. The Hall–Kier alpha value is -12.5. The molecule has 0 fully saturated rings. The fraction of sp³-hybridized carbons (Fsp3) is 0.0680. The van der Waals surface area contributed by atoms with E-state index in [1.165, 1.54) is 198 Å². The largest absolute Gasteiger partial charge is 0.0622 e. The molecule has 103 heavy (non-hydrogen) atoms. The molecular formula is C103H78. The van der Waals surface area contributed by atoms with Crippen LogP contribution in [0.3, 0.4) is 0 Å². The van der Waals surface area contributed by atoms with Crippen LogP contribution in [0.1, 0.15) is 43.0 Å². The second-order valence-corrected chi connectivity index (χ2v) is 28.8. The lowest BCUT2D eigenvalue weighted by atomic mass is 9.83. The molecule has 18 aromatic carbocycles. The van der Waals surface area contributed by atoms with Gasteiger partial charge in [-0.05, 0) is 243 Å². The van der Waals surface area contributed by atoms with Crippen LogP contribution in [0.2, 0.25) is 0 Å². The minimum absolute atomic E-state index is 0.112. The highest BCUT2D eigenvalue weighted by atomic mass is 14.3. The molecule has 0 bridgehead atoms. The van der Waals surface area contributed by atoms with Crippen molar-refractivity contribution in [2.24, 2.45) is 0 Å². The summed E-state index contributed by atoms with van der Waals surface area (Å²) in [6.45, 7) is 13.5. The van der Waals surface area contributed by atoms with Crippen molar-refractivity contribution in [3.63, 3.8) is 0 Å². The lowest BCUT2D eigenvalue weighted by Gasteiger charge is -2.21. The van der Waals surface area contributed by atoms with E-state index in [-0.39, 0.29) is 5.41 Å². The van der Waals surface area contributed by atoms with E-state index in [0.717, 1.165) is 0 Å². The number of rotatable bonds is 10. The number of benzene rings is 18. The van der Waals surface area contributed by atoms with Gasteiger partial charge in [0, 0.05) is 0 Å². The van der Waals surface area contributed by atoms with E-state index in [4.69, 9.17) is 0 Å². The lowest BCUT2D eigenvalue weighted by molar-refractivity contribution is 0.590. The zero-order valence-corrected chi connectivity index (χ0v) is 59.1. The third-order valence-corrected chi connectivity index (χ3v) is 21.2. The minimum Gasteiger partial charge on any atom is -0.0622 e. The van der Waals surface area contributed by atoms with Crippen LogP contribution in [0.15, 0.2) is 364 Å². The van der Waals surface area contributed by atoms with Crippen molar-refractivity contribution in [1.82, 2.24) is 0 Å².